The van der Waals surface area contributed by atoms with Crippen LogP contribution in [0.25, 0.3) is 21.8 Å². The van der Waals surface area contributed by atoms with Crippen LogP contribution in [0.4, 0.5) is 5.82 Å². The Balaban J connectivity index is 1.63. The van der Waals surface area contributed by atoms with Crippen molar-refractivity contribution < 1.29 is 4.79 Å². The number of rotatable bonds is 4. The third-order valence-electron chi connectivity index (χ3n) is 5.88. The number of pyridine rings is 2. The second-order valence-electron chi connectivity index (χ2n) is 7.69. The molecule has 0 atom stereocenters. The van der Waals surface area contributed by atoms with Crippen molar-refractivity contribution in [1.82, 2.24) is 25.0 Å². The lowest BCUT2D eigenvalue weighted by atomic mass is 9.98. The number of aryl methyl sites for hydroxylation is 1. The summed E-state index contributed by atoms with van der Waals surface area (Å²) >= 11 is 0. The maximum Gasteiger partial charge on any atom is 0.229 e. The molecule has 31 heavy (non-hydrogen) atoms. The number of carbonyl (C=O) groups is 1. The first-order chi connectivity index (χ1) is 15.1. The number of amides is 1. The zero-order valence-corrected chi connectivity index (χ0v) is 17.3. The van der Waals surface area contributed by atoms with Gasteiger partial charge in [-0.3, -0.25) is 9.78 Å². The highest BCUT2D eigenvalue weighted by Crippen LogP contribution is 2.47. The van der Waals surface area contributed by atoms with Crippen LogP contribution in [0.5, 0.6) is 0 Å². The highest BCUT2D eigenvalue weighted by molar-refractivity contribution is 5.97. The average molecular weight is 411 g/mol. The molecule has 1 saturated carbocycles. The summed E-state index contributed by atoms with van der Waals surface area (Å²) in [7, 11) is 1.81. The van der Waals surface area contributed by atoms with Crippen LogP contribution in [0.15, 0.2) is 36.7 Å². The van der Waals surface area contributed by atoms with E-state index >= 15 is 0 Å². The van der Waals surface area contributed by atoms with Crippen LogP contribution in [0, 0.1) is 11.8 Å². The van der Waals surface area contributed by atoms with Gasteiger partial charge in [0.25, 0.3) is 0 Å². The van der Waals surface area contributed by atoms with Crippen molar-refractivity contribution >= 4 is 33.5 Å². The Morgan fingerprint density at radius 1 is 1.19 bits per heavy atom. The van der Waals surface area contributed by atoms with Crippen molar-refractivity contribution in [3.8, 4) is 11.8 Å². The molecule has 3 heterocycles. The fourth-order valence-corrected chi connectivity index (χ4v) is 3.87. The number of carbonyl (C=O) groups excluding carboxylic acids is 1. The molecule has 8 nitrogen and oxygen atoms in total. The van der Waals surface area contributed by atoms with E-state index in [1.54, 1.807) is 12.4 Å². The monoisotopic (exact) mass is 411 g/mol. The Morgan fingerprint density at radius 2 is 2.03 bits per heavy atom. The van der Waals surface area contributed by atoms with E-state index in [-0.39, 0.29) is 5.91 Å². The van der Waals surface area contributed by atoms with E-state index in [2.05, 4.69) is 37.4 Å². The van der Waals surface area contributed by atoms with Crippen molar-refractivity contribution in [1.29, 1.82) is 0 Å². The molecule has 4 aromatic rings. The highest BCUT2D eigenvalue weighted by atomic mass is 16.1. The molecule has 1 amide bonds. The Hall–Kier alpha value is -3.99. The summed E-state index contributed by atoms with van der Waals surface area (Å²) in [4.78, 5) is 21.0. The average Bonchev–Trinajstić information content (AvgIpc) is 3.51. The quantitative estimate of drug-likeness (QED) is 0.499. The predicted octanol–water partition coefficient (Wildman–Crippen LogP) is 2.35. The number of nitrogens with one attached hydrogen (secondary N) is 1. The number of hydrogen-bond acceptors (Lipinski definition) is 6. The standard InChI is InChI=1S/C23H21N7O/c1-3-30-19-10-14(5-7-18(19)28-29-30)4-6-15-12-27-21(25-2)17-13-26-20(11-16(15)17)23(8-9-23)22(24)31/h5,7,10-13H,3,8-9H2,1-2H3,(H2,24,31)(H,25,27). The predicted molar refractivity (Wildman–Crippen MR) is 118 cm³/mol. The van der Waals surface area contributed by atoms with Gasteiger partial charge in [0.15, 0.2) is 0 Å². The topological polar surface area (TPSA) is 112 Å². The van der Waals surface area contributed by atoms with E-state index in [9.17, 15) is 4.79 Å². The van der Waals surface area contributed by atoms with Gasteiger partial charge in [-0.05, 0) is 44.0 Å². The Morgan fingerprint density at radius 3 is 2.74 bits per heavy atom. The van der Waals surface area contributed by atoms with Gasteiger partial charge in [0, 0.05) is 42.3 Å². The molecule has 0 aliphatic heterocycles. The molecule has 0 spiro atoms. The van der Waals surface area contributed by atoms with E-state index in [0.29, 0.717) is 11.5 Å². The zero-order valence-electron chi connectivity index (χ0n) is 17.3. The molecule has 1 aromatic carbocycles. The molecule has 3 N–H and O–H groups in total. The lowest BCUT2D eigenvalue weighted by Gasteiger charge is -2.13. The molecular formula is C23H21N7O. The number of nitrogens with two attached hydrogens (primary N) is 1. The Labute approximate surface area is 178 Å². The number of anilines is 1. The maximum atomic E-state index is 12.0. The SMILES string of the molecule is CCn1nnc2ccc(C#Cc3cnc(NC)c4cnc(C5(C(N)=O)CC5)cc34)cc21. The van der Waals surface area contributed by atoms with Crippen LogP contribution in [-0.4, -0.2) is 37.9 Å². The van der Waals surface area contributed by atoms with Crippen molar-refractivity contribution in [2.75, 3.05) is 12.4 Å². The minimum Gasteiger partial charge on any atom is -0.373 e. The number of nitrogens with zero attached hydrogens (tertiary/aromatic N) is 5. The lowest BCUT2D eigenvalue weighted by Crippen LogP contribution is -2.29. The second-order valence-corrected chi connectivity index (χ2v) is 7.69. The number of fused-ring (bicyclic) bond motifs is 2. The largest absolute Gasteiger partial charge is 0.373 e. The first-order valence-electron chi connectivity index (χ1n) is 10.2. The van der Waals surface area contributed by atoms with Crippen molar-refractivity contribution in [2.45, 2.75) is 31.7 Å². The third kappa shape index (κ3) is 3.06. The molecule has 1 fully saturated rings. The molecule has 0 radical (unpaired) electrons. The van der Waals surface area contributed by atoms with Gasteiger partial charge in [0.2, 0.25) is 5.91 Å². The molecule has 0 saturated heterocycles. The van der Waals surface area contributed by atoms with Gasteiger partial charge in [-0.1, -0.05) is 17.1 Å². The van der Waals surface area contributed by atoms with Crippen LogP contribution in [0.2, 0.25) is 0 Å². The fourth-order valence-electron chi connectivity index (χ4n) is 3.87. The maximum absolute atomic E-state index is 12.0. The molecule has 3 aromatic heterocycles. The van der Waals surface area contributed by atoms with E-state index in [4.69, 9.17) is 5.73 Å². The molecule has 154 valence electrons. The van der Waals surface area contributed by atoms with Gasteiger partial charge in [0.05, 0.1) is 22.2 Å². The summed E-state index contributed by atoms with van der Waals surface area (Å²) in [6, 6.07) is 7.77. The van der Waals surface area contributed by atoms with E-state index in [1.165, 1.54) is 0 Å². The summed E-state index contributed by atoms with van der Waals surface area (Å²) in [6.45, 7) is 2.77. The first kappa shape index (κ1) is 19.0. The van der Waals surface area contributed by atoms with Crippen LogP contribution in [-0.2, 0) is 16.8 Å². The minimum absolute atomic E-state index is 0.329. The molecule has 0 bridgehead atoms. The van der Waals surface area contributed by atoms with Gasteiger partial charge in [0.1, 0.15) is 11.3 Å². The number of primary amides is 1. The van der Waals surface area contributed by atoms with Gasteiger partial charge < -0.3 is 11.1 Å². The van der Waals surface area contributed by atoms with Gasteiger partial charge in [-0.25, -0.2) is 9.67 Å². The lowest BCUT2D eigenvalue weighted by molar-refractivity contribution is -0.120. The second kappa shape index (κ2) is 7.06. The third-order valence-corrected chi connectivity index (χ3v) is 5.88. The van der Waals surface area contributed by atoms with E-state index < -0.39 is 5.41 Å². The Bertz CT molecular complexity index is 1410. The first-order valence-corrected chi connectivity index (χ1v) is 10.2. The Kier molecular flexibility index (Phi) is 4.33. The van der Waals surface area contributed by atoms with Gasteiger partial charge >= 0.3 is 0 Å². The number of hydrogen-bond donors (Lipinski definition) is 2. The summed E-state index contributed by atoms with van der Waals surface area (Å²) in [5.74, 6) is 6.85. The number of benzene rings is 1. The summed E-state index contributed by atoms with van der Waals surface area (Å²) in [5, 5.41) is 13.1. The smallest absolute Gasteiger partial charge is 0.229 e. The van der Waals surface area contributed by atoms with Crippen LogP contribution in [0.3, 0.4) is 0 Å². The molecular weight excluding hydrogens is 390 g/mol. The van der Waals surface area contributed by atoms with Crippen molar-refractivity contribution in [2.24, 2.45) is 5.73 Å². The van der Waals surface area contributed by atoms with Gasteiger partial charge in [-0.2, -0.15) is 0 Å². The number of aromatic nitrogens is 5. The molecule has 5 rings (SSSR count). The zero-order chi connectivity index (χ0) is 21.6. The van der Waals surface area contributed by atoms with Crippen LogP contribution >= 0.6 is 0 Å². The van der Waals surface area contributed by atoms with E-state index in [1.807, 2.05) is 42.9 Å². The summed E-state index contributed by atoms with van der Waals surface area (Å²) in [5.41, 5.74) is 9.12. The van der Waals surface area contributed by atoms with E-state index in [0.717, 1.165) is 52.3 Å². The van der Waals surface area contributed by atoms with Crippen molar-refractivity contribution in [3.63, 3.8) is 0 Å². The molecule has 8 heteroatoms. The van der Waals surface area contributed by atoms with Crippen LogP contribution < -0.4 is 11.1 Å². The molecule has 1 aliphatic carbocycles. The minimum atomic E-state index is -0.654. The normalized spacial score (nSPS) is 14.3. The van der Waals surface area contributed by atoms with Crippen LogP contribution in [0.1, 0.15) is 36.6 Å². The summed E-state index contributed by atoms with van der Waals surface area (Å²) in [6.07, 6.45) is 4.94. The van der Waals surface area contributed by atoms with Gasteiger partial charge in [-0.15, -0.1) is 5.10 Å². The molecule has 0 unspecified atom stereocenters. The summed E-state index contributed by atoms with van der Waals surface area (Å²) < 4.78 is 1.84. The highest BCUT2D eigenvalue weighted by Gasteiger charge is 2.51. The molecule has 1 aliphatic rings. The van der Waals surface area contributed by atoms with Crippen molar-refractivity contribution in [3.05, 3.63) is 53.5 Å². The fraction of sp³-hybridized carbons (Fsp3) is 0.261.